The van der Waals surface area contributed by atoms with Crippen LogP contribution in [0.25, 0.3) is 0 Å². The molecule has 1 aromatic rings. The Morgan fingerprint density at radius 3 is 2.59 bits per heavy atom. The van der Waals surface area contributed by atoms with E-state index in [1.54, 1.807) is 0 Å². The van der Waals surface area contributed by atoms with E-state index in [9.17, 15) is 4.79 Å². The lowest BCUT2D eigenvalue weighted by molar-refractivity contribution is -0.137. The number of aryl methyl sites for hydroxylation is 1. The van der Waals surface area contributed by atoms with Crippen LogP contribution in [0.5, 0.6) is 0 Å². The first-order chi connectivity index (χ1) is 7.97. The molecule has 1 rings (SSSR count). The van der Waals surface area contributed by atoms with E-state index < -0.39 is 5.97 Å². The van der Waals surface area contributed by atoms with E-state index in [4.69, 9.17) is 10.8 Å². The van der Waals surface area contributed by atoms with Crippen molar-refractivity contribution in [1.82, 2.24) is 0 Å². The lowest BCUT2D eigenvalue weighted by atomic mass is 9.84. The highest BCUT2D eigenvalue weighted by atomic mass is 16.4. The van der Waals surface area contributed by atoms with Crippen LogP contribution in [0.4, 0.5) is 0 Å². The summed E-state index contributed by atoms with van der Waals surface area (Å²) in [7, 11) is 0. The predicted molar refractivity (Wildman–Crippen MR) is 69.2 cm³/mol. The molecular weight excluding hydrogens is 214 g/mol. The van der Waals surface area contributed by atoms with Crippen molar-refractivity contribution in [3.05, 3.63) is 34.9 Å². The second kappa shape index (κ2) is 5.82. The highest BCUT2D eigenvalue weighted by molar-refractivity contribution is 5.68. The molecule has 1 aromatic carbocycles. The molecule has 3 heteroatoms. The number of nitrogens with two attached hydrogens (primary N) is 1. The quantitative estimate of drug-likeness (QED) is 0.824. The number of hydrogen-bond donors (Lipinski definition) is 2. The van der Waals surface area contributed by atoms with Crippen molar-refractivity contribution in [2.45, 2.75) is 45.6 Å². The van der Waals surface area contributed by atoms with Crippen molar-refractivity contribution >= 4 is 5.97 Å². The Balaban J connectivity index is 3.12. The van der Waals surface area contributed by atoms with Crippen LogP contribution in [-0.2, 0) is 4.79 Å². The fourth-order valence-corrected chi connectivity index (χ4v) is 2.14. The van der Waals surface area contributed by atoms with E-state index in [1.165, 1.54) is 5.56 Å². The average molecular weight is 235 g/mol. The van der Waals surface area contributed by atoms with Gasteiger partial charge in [0.1, 0.15) is 0 Å². The molecule has 3 nitrogen and oxygen atoms in total. The molecule has 0 bridgehead atoms. The minimum absolute atomic E-state index is 0.0965. The first-order valence-corrected chi connectivity index (χ1v) is 6.00. The molecule has 94 valence electrons. The number of carbonyl (C=O) groups is 1. The molecule has 0 aliphatic rings. The lowest BCUT2D eigenvalue weighted by Gasteiger charge is -2.24. The molecule has 0 aliphatic heterocycles. The fraction of sp³-hybridized carbons (Fsp3) is 0.500. The number of benzene rings is 1. The normalized spacial score (nSPS) is 14.4. The van der Waals surface area contributed by atoms with Gasteiger partial charge in [0, 0.05) is 12.0 Å². The van der Waals surface area contributed by atoms with Crippen LogP contribution in [-0.4, -0.2) is 17.1 Å². The smallest absolute Gasteiger partial charge is 0.304 e. The molecule has 17 heavy (non-hydrogen) atoms. The molecule has 0 spiro atoms. The van der Waals surface area contributed by atoms with Crippen molar-refractivity contribution in [3.8, 4) is 0 Å². The summed E-state index contributed by atoms with van der Waals surface area (Å²) in [4.78, 5) is 10.9. The lowest BCUT2D eigenvalue weighted by Crippen LogP contribution is -2.30. The zero-order valence-corrected chi connectivity index (χ0v) is 10.7. The zero-order chi connectivity index (χ0) is 13.0. The van der Waals surface area contributed by atoms with E-state index in [1.807, 2.05) is 39.0 Å². The second-order valence-electron chi connectivity index (χ2n) is 4.57. The molecule has 0 amide bonds. The van der Waals surface area contributed by atoms with Gasteiger partial charge >= 0.3 is 5.97 Å². The van der Waals surface area contributed by atoms with Gasteiger partial charge in [0.05, 0.1) is 6.42 Å². The first-order valence-electron chi connectivity index (χ1n) is 6.00. The summed E-state index contributed by atoms with van der Waals surface area (Å²) in [6.07, 6.45) is 0.880. The summed E-state index contributed by atoms with van der Waals surface area (Å²) in [6, 6.07) is 5.89. The molecule has 0 fully saturated rings. The second-order valence-corrected chi connectivity index (χ2v) is 4.57. The van der Waals surface area contributed by atoms with Crippen molar-refractivity contribution in [1.29, 1.82) is 0 Å². The fourth-order valence-electron chi connectivity index (χ4n) is 2.14. The Hall–Kier alpha value is -1.35. The van der Waals surface area contributed by atoms with Crippen LogP contribution in [0.2, 0.25) is 0 Å². The van der Waals surface area contributed by atoms with Gasteiger partial charge in [0.2, 0.25) is 0 Å². The average Bonchev–Trinajstić information content (AvgIpc) is 2.29. The Kier molecular flexibility index (Phi) is 4.70. The van der Waals surface area contributed by atoms with Crippen LogP contribution in [0, 0.1) is 13.8 Å². The number of carboxylic acids is 1. The minimum Gasteiger partial charge on any atom is -0.481 e. The van der Waals surface area contributed by atoms with Crippen LogP contribution in [0.15, 0.2) is 18.2 Å². The summed E-state index contributed by atoms with van der Waals surface area (Å²) in [5.41, 5.74) is 9.46. The topological polar surface area (TPSA) is 63.3 Å². The molecule has 2 atom stereocenters. The summed E-state index contributed by atoms with van der Waals surface area (Å²) in [5.74, 6) is -0.891. The van der Waals surface area contributed by atoms with Crippen LogP contribution >= 0.6 is 0 Å². The van der Waals surface area contributed by atoms with Gasteiger partial charge in [-0.3, -0.25) is 4.79 Å². The van der Waals surface area contributed by atoms with Gasteiger partial charge in [-0.05, 0) is 37.0 Å². The molecule has 0 radical (unpaired) electrons. The largest absolute Gasteiger partial charge is 0.481 e. The first kappa shape index (κ1) is 13.7. The zero-order valence-electron chi connectivity index (χ0n) is 10.7. The number of carboxylic acid groups (broad SMARTS) is 1. The highest BCUT2D eigenvalue weighted by Crippen LogP contribution is 2.28. The molecule has 0 saturated carbocycles. The minimum atomic E-state index is -0.792. The molecule has 0 aliphatic carbocycles. The third-order valence-electron chi connectivity index (χ3n) is 3.43. The Morgan fingerprint density at radius 2 is 2.06 bits per heavy atom. The predicted octanol–water partition coefficient (Wildman–Crippen LogP) is 2.60. The third kappa shape index (κ3) is 3.30. The Bertz CT molecular complexity index is 401. The van der Waals surface area contributed by atoms with Gasteiger partial charge in [-0.15, -0.1) is 0 Å². The molecule has 2 unspecified atom stereocenters. The molecule has 3 N–H and O–H groups in total. The van der Waals surface area contributed by atoms with Crippen LogP contribution < -0.4 is 5.73 Å². The van der Waals surface area contributed by atoms with Crippen LogP contribution in [0.1, 0.15) is 42.4 Å². The maximum atomic E-state index is 10.9. The van der Waals surface area contributed by atoms with Crippen LogP contribution in [0.3, 0.4) is 0 Å². The van der Waals surface area contributed by atoms with Gasteiger partial charge < -0.3 is 10.8 Å². The number of hydrogen-bond acceptors (Lipinski definition) is 2. The third-order valence-corrected chi connectivity index (χ3v) is 3.43. The van der Waals surface area contributed by atoms with Gasteiger partial charge in [0.25, 0.3) is 0 Å². The van der Waals surface area contributed by atoms with E-state index in [0.717, 1.165) is 17.5 Å². The van der Waals surface area contributed by atoms with Gasteiger partial charge in [-0.2, -0.15) is 0 Å². The standard InChI is InChI=1S/C14H21NO2/c1-4-13(15)12(8-14(16)17)11-7-5-6-9(2)10(11)3/h5-7,12-13H,4,8,15H2,1-3H3,(H,16,17). The van der Waals surface area contributed by atoms with Gasteiger partial charge in [-0.25, -0.2) is 0 Å². The maximum absolute atomic E-state index is 10.9. The SMILES string of the molecule is CCC(N)C(CC(=O)O)c1cccc(C)c1C. The molecule has 0 heterocycles. The van der Waals surface area contributed by atoms with Crippen molar-refractivity contribution in [3.63, 3.8) is 0 Å². The number of aliphatic carboxylic acids is 1. The van der Waals surface area contributed by atoms with Crippen molar-refractivity contribution in [2.24, 2.45) is 5.73 Å². The summed E-state index contributed by atoms with van der Waals surface area (Å²) in [5, 5.41) is 8.99. The summed E-state index contributed by atoms with van der Waals surface area (Å²) in [6.45, 7) is 6.06. The summed E-state index contributed by atoms with van der Waals surface area (Å²) >= 11 is 0. The van der Waals surface area contributed by atoms with E-state index in [2.05, 4.69) is 0 Å². The summed E-state index contributed by atoms with van der Waals surface area (Å²) < 4.78 is 0. The van der Waals surface area contributed by atoms with Crippen molar-refractivity contribution in [2.75, 3.05) is 0 Å². The Labute approximate surface area is 103 Å². The molecule has 0 aromatic heterocycles. The van der Waals surface area contributed by atoms with Gasteiger partial charge in [0.15, 0.2) is 0 Å². The Morgan fingerprint density at radius 1 is 1.41 bits per heavy atom. The van der Waals surface area contributed by atoms with E-state index in [0.29, 0.717) is 0 Å². The van der Waals surface area contributed by atoms with Gasteiger partial charge in [-0.1, -0.05) is 25.1 Å². The molecular formula is C14H21NO2. The monoisotopic (exact) mass is 235 g/mol. The molecule has 0 saturated heterocycles. The van der Waals surface area contributed by atoms with E-state index in [-0.39, 0.29) is 18.4 Å². The number of rotatable bonds is 5. The van der Waals surface area contributed by atoms with E-state index >= 15 is 0 Å². The maximum Gasteiger partial charge on any atom is 0.304 e. The highest BCUT2D eigenvalue weighted by Gasteiger charge is 2.23. The van der Waals surface area contributed by atoms with Crippen molar-refractivity contribution < 1.29 is 9.90 Å².